The van der Waals surface area contributed by atoms with Crippen LogP contribution in [-0.4, -0.2) is 18.4 Å². The van der Waals surface area contributed by atoms with Gasteiger partial charge >= 0.3 is 0 Å². The highest BCUT2D eigenvalue weighted by Gasteiger charge is 2.12. The summed E-state index contributed by atoms with van der Waals surface area (Å²) in [4.78, 5) is 24.3. The van der Waals surface area contributed by atoms with E-state index in [9.17, 15) is 23.6 Å². The molecule has 0 heterocycles. The lowest BCUT2D eigenvalue weighted by Gasteiger charge is -2.10. The maximum atomic E-state index is 13.6. The second kappa shape index (κ2) is 11.0. The lowest BCUT2D eigenvalue weighted by Crippen LogP contribution is -2.20. The third-order valence-corrected chi connectivity index (χ3v) is 4.86. The van der Waals surface area contributed by atoms with Gasteiger partial charge in [-0.15, -0.1) is 0 Å². The molecule has 2 amide bonds. The average Bonchev–Trinajstić information content (AvgIpc) is 2.80. The molecule has 0 spiro atoms. The number of benzene rings is 3. The van der Waals surface area contributed by atoms with E-state index in [1.54, 1.807) is 24.3 Å². The lowest BCUT2D eigenvalue weighted by atomic mass is 10.1. The maximum absolute atomic E-state index is 13.6. The second-order valence-corrected chi connectivity index (χ2v) is 7.49. The standard InChI is InChI=1S/C24H16BrF2N3O3/c25-19-12-15(11-16(13-28)24(32)29-18-8-6-17(26)7-9-18)5-10-22(19)33-14-23(31)30-21-4-2-1-3-20(21)27/h1-12H,14H2,(H,29,32)(H,30,31)/b16-11+. The largest absolute Gasteiger partial charge is 0.483 e. The van der Waals surface area contributed by atoms with Gasteiger partial charge in [-0.25, -0.2) is 8.78 Å². The molecule has 33 heavy (non-hydrogen) atoms. The molecule has 3 aromatic rings. The normalized spacial score (nSPS) is 10.8. The van der Waals surface area contributed by atoms with Crippen LogP contribution < -0.4 is 15.4 Å². The van der Waals surface area contributed by atoms with Crippen molar-refractivity contribution in [3.05, 3.63) is 94.0 Å². The van der Waals surface area contributed by atoms with E-state index in [2.05, 4.69) is 26.6 Å². The zero-order valence-corrected chi connectivity index (χ0v) is 18.5. The Morgan fingerprint density at radius 1 is 1.03 bits per heavy atom. The Bertz CT molecular complexity index is 1250. The molecule has 0 aromatic heterocycles. The third-order valence-electron chi connectivity index (χ3n) is 4.24. The van der Waals surface area contributed by atoms with Gasteiger partial charge in [-0.1, -0.05) is 18.2 Å². The minimum absolute atomic E-state index is 0.0496. The van der Waals surface area contributed by atoms with E-state index in [0.717, 1.165) is 0 Å². The molecule has 9 heteroatoms. The quantitative estimate of drug-likeness (QED) is 0.333. The number of halogens is 3. The molecule has 0 aliphatic carbocycles. The van der Waals surface area contributed by atoms with E-state index in [-0.39, 0.29) is 17.9 Å². The summed E-state index contributed by atoms with van der Waals surface area (Å²) in [7, 11) is 0. The van der Waals surface area contributed by atoms with Crippen molar-refractivity contribution in [2.75, 3.05) is 17.2 Å². The molecule has 166 valence electrons. The van der Waals surface area contributed by atoms with Crippen LogP contribution in [-0.2, 0) is 9.59 Å². The van der Waals surface area contributed by atoms with Crippen LogP contribution in [0.4, 0.5) is 20.2 Å². The number of rotatable bonds is 7. The Morgan fingerprint density at radius 3 is 2.42 bits per heavy atom. The van der Waals surface area contributed by atoms with E-state index >= 15 is 0 Å². The van der Waals surface area contributed by atoms with E-state index in [1.807, 2.05) is 6.07 Å². The van der Waals surface area contributed by atoms with Crippen molar-refractivity contribution in [3.8, 4) is 11.8 Å². The first-order chi connectivity index (χ1) is 15.9. The number of para-hydroxylation sites is 1. The van der Waals surface area contributed by atoms with Crippen molar-refractivity contribution in [1.82, 2.24) is 0 Å². The Hall–Kier alpha value is -4.03. The van der Waals surface area contributed by atoms with Crippen LogP contribution in [0.5, 0.6) is 5.75 Å². The molecule has 0 aliphatic rings. The van der Waals surface area contributed by atoms with Crippen molar-refractivity contribution in [2.45, 2.75) is 0 Å². The van der Waals surface area contributed by atoms with Gasteiger partial charge in [0.1, 0.15) is 29.0 Å². The topological polar surface area (TPSA) is 91.2 Å². The van der Waals surface area contributed by atoms with Gasteiger partial charge < -0.3 is 15.4 Å². The molecule has 0 unspecified atom stereocenters. The zero-order valence-electron chi connectivity index (χ0n) is 16.9. The molecule has 0 fully saturated rings. The first-order valence-electron chi connectivity index (χ1n) is 9.51. The summed E-state index contributed by atoms with van der Waals surface area (Å²) in [6.07, 6.45) is 1.37. The van der Waals surface area contributed by atoms with E-state index in [4.69, 9.17) is 4.74 Å². The molecule has 6 nitrogen and oxygen atoms in total. The Balaban J connectivity index is 1.63. The number of amides is 2. The minimum atomic E-state index is -0.648. The zero-order chi connectivity index (χ0) is 23.8. The summed E-state index contributed by atoms with van der Waals surface area (Å²) >= 11 is 3.32. The summed E-state index contributed by atoms with van der Waals surface area (Å²) in [6, 6.07) is 17.5. The molecule has 0 saturated heterocycles. The maximum Gasteiger partial charge on any atom is 0.266 e. The Kier molecular flexibility index (Phi) is 7.89. The van der Waals surface area contributed by atoms with Gasteiger partial charge in [0.25, 0.3) is 11.8 Å². The van der Waals surface area contributed by atoms with Crippen molar-refractivity contribution < 1.29 is 23.1 Å². The number of hydrogen-bond acceptors (Lipinski definition) is 4. The van der Waals surface area contributed by atoms with E-state index < -0.39 is 23.4 Å². The molecular weight excluding hydrogens is 496 g/mol. The highest BCUT2D eigenvalue weighted by molar-refractivity contribution is 9.10. The van der Waals surface area contributed by atoms with Crippen molar-refractivity contribution in [2.24, 2.45) is 0 Å². The number of nitrogens with one attached hydrogen (secondary N) is 2. The Morgan fingerprint density at radius 2 is 1.76 bits per heavy atom. The SMILES string of the molecule is N#C/C(=C\c1ccc(OCC(=O)Nc2ccccc2F)c(Br)c1)C(=O)Nc1ccc(F)cc1. The van der Waals surface area contributed by atoms with Crippen molar-refractivity contribution in [1.29, 1.82) is 5.26 Å². The number of carbonyl (C=O) groups excluding carboxylic acids is 2. The summed E-state index contributed by atoms with van der Waals surface area (Å²) in [6.45, 7) is -0.356. The molecule has 0 atom stereocenters. The molecule has 0 aliphatic heterocycles. The second-order valence-electron chi connectivity index (χ2n) is 6.64. The summed E-state index contributed by atoms with van der Waals surface area (Å²) in [5, 5.41) is 14.3. The number of ether oxygens (including phenoxy) is 1. The first kappa shape index (κ1) is 23.6. The van der Waals surface area contributed by atoms with E-state index in [0.29, 0.717) is 21.5 Å². The molecule has 0 bridgehead atoms. The van der Waals surface area contributed by atoms with Gasteiger partial charge in [0.2, 0.25) is 0 Å². The highest BCUT2D eigenvalue weighted by atomic mass is 79.9. The first-order valence-corrected chi connectivity index (χ1v) is 10.3. The van der Waals surface area contributed by atoms with Crippen LogP contribution in [0.1, 0.15) is 5.56 Å². The van der Waals surface area contributed by atoms with Crippen molar-refractivity contribution >= 4 is 45.2 Å². The molecule has 3 rings (SSSR count). The number of hydrogen-bond donors (Lipinski definition) is 2. The van der Waals surface area contributed by atoms with E-state index in [1.165, 1.54) is 48.5 Å². The van der Waals surface area contributed by atoms with Crippen LogP contribution in [0.2, 0.25) is 0 Å². The fourth-order valence-electron chi connectivity index (χ4n) is 2.66. The number of carbonyl (C=O) groups is 2. The van der Waals surface area contributed by atoms with Crippen LogP contribution in [0.25, 0.3) is 6.08 Å². The highest BCUT2D eigenvalue weighted by Crippen LogP contribution is 2.27. The number of nitriles is 1. The predicted molar refractivity (Wildman–Crippen MR) is 123 cm³/mol. The average molecular weight is 512 g/mol. The van der Waals surface area contributed by atoms with Gasteiger partial charge in [-0.05, 0) is 76.1 Å². The third kappa shape index (κ3) is 6.72. The molecule has 0 saturated carbocycles. The van der Waals surface area contributed by atoms with Gasteiger partial charge in [-0.3, -0.25) is 9.59 Å². The molecule has 0 radical (unpaired) electrons. The number of nitrogens with zero attached hydrogens (tertiary/aromatic N) is 1. The van der Waals surface area contributed by atoms with Crippen molar-refractivity contribution in [3.63, 3.8) is 0 Å². The molecule has 2 N–H and O–H groups in total. The monoisotopic (exact) mass is 511 g/mol. The smallest absolute Gasteiger partial charge is 0.266 e. The molecule has 3 aromatic carbocycles. The van der Waals surface area contributed by atoms with Gasteiger partial charge in [0.05, 0.1) is 10.2 Å². The Labute approximate surface area is 196 Å². The number of anilines is 2. The van der Waals surface area contributed by atoms with Crippen LogP contribution in [0.3, 0.4) is 0 Å². The van der Waals surface area contributed by atoms with Crippen LogP contribution >= 0.6 is 15.9 Å². The predicted octanol–water partition coefficient (Wildman–Crippen LogP) is 5.29. The minimum Gasteiger partial charge on any atom is -0.483 e. The fraction of sp³-hybridized carbons (Fsp3) is 0.0417. The summed E-state index contributed by atoms with van der Waals surface area (Å²) in [5.41, 5.74) is 0.759. The lowest BCUT2D eigenvalue weighted by molar-refractivity contribution is -0.118. The summed E-state index contributed by atoms with van der Waals surface area (Å²) in [5.74, 6) is -1.85. The van der Waals surface area contributed by atoms with Gasteiger partial charge in [0, 0.05) is 5.69 Å². The van der Waals surface area contributed by atoms with Gasteiger partial charge in [-0.2, -0.15) is 5.26 Å². The summed E-state index contributed by atoms with van der Waals surface area (Å²) < 4.78 is 32.5. The van der Waals surface area contributed by atoms with Crippen LogP contribution in [0.15, 0.2) is 76.8 Å². The van der Waals surface area contributed by atoms with Gasteiger partial charge in [0.15, 0.2) is 6.61 Å². The van der Waals surface area contributed by atoms with Crippen LogP contribution in [0, 0.1) is 23.0 Å². The molecular formula is C24H16BrF2N3O3. The fourth-order valence-corrected chi connectivity index (χ4v) is 3.17.